The molecule has 0 radical (unpaired) electrons. The summed E-state index contributed by atoms with van der Waals surface area (Å²) in [5.74, 6) is -0.565. The number of carboxylic acid groups (broad SMARTS) is 1. The van der Waals surface area contributed by atoms with Crippen LogP contribution in [0.15, 0.2) is 64.8 Å². The molecule has 0 spiro atoms. The van der Waals surface area contributed by atoms with Gasteiger partial charge in [-0.15, -0.1) is 11.3 Å². The van der Waals surface area contributed by atoms with Gasteiger partial charge in [0.1, 0.15) is 6.07 Å². The van der Waals surface area contributed by atoms with Gasteiger partial charge < -0.3 is 5.11 Å². The number of nitriles is 1. The fraction of sp³-hybridized carbons (Fsp3) is 0.148. The second kappa shape index (κ2) is 9.14. The minimum atomic E-state index is -0.968. The number of fused-ring (bicyclic) bond motifs is 1. The summed E-state index contributed by atoms with van der Waals surface area (Å²) in [6.45, 7) is 0. The molecule has 0 aliphatic heterocycles. The third-order valence-electron chi connectivity index (χ3n) is 6.09. The summed E-state index contributed by atoms with van der Waals surface area (Å²) in [5.41, 5.74) is 9.88. The first-order valence-corrected chi connectivity index (χ1v) is 12.5. The van der Waals surface area contributed by atoms with Crippen LogP contribution < -0.4 is 0 Å². The molecule has 4 nitrogen and oxygen atoms in total. The van der Waals surface area contributed by atoms with Crippen molar-refractivity contribution in [3.63, 3.8) is 0 Å². The van der Waals surface area contributed by atoms with E-state index in [0.29, 0.717) is 5.92 Å². The van der Waals surface area contributed by atoms with E-state index in [0.717, 1.165) is 62.5 Å². The van der Waals surface area contributed by atoms with Crippen LogP contribution in [0.2, 0.25) is 0 Å². The minimum Gasteiger partial charge on any atom is -0.478 e. The molecular formula is C27H20N2O2S2. The molecule has 4 aromatic rings. The largest absolute Gasteiger partial charge is 0.478 e. The van der Waals surface area contributed by atoms with Crippen molar-refractivity contribution in [3.8, 4) is 6.07 Å². The van der Waals surface area contributed by atoms with Crippen LogP contribution in [0.4, 0.5) is 0 Å². The molecule has 162 valence electrons. The van der Waals surface area contributed by atoms with Crippen LogP contribution in [0.1, 0.15) is 47.1 Å². The maximum atomic E-state index is 10.9. The van der Waals surface area contributed by atoms with Gasteiger partial charge in [0, 0.05) is 17.0 Å². The summed E-state index contributed by atoms with van der Waals surface area (Å²) in [6, 6.07) is 16.7. The van der Waals surface area contributed by atoms with Gasteiger partial charge >= 0.3 is 5.97 Å². The molecule has 0 unspecified atom stereocenters. The minimum absolute atomic E-state index is 0.402. The highest BCUT2D eigenvalue weighted by atomic mass is 32.1. The summed E-state index contributed by atoms with van der Waals surface area (Å²) in [6.07, 6.45) is 6.15. The van der Waals surface area contributed by atoms with Gasteiger partial charge in [-0.05, 0) is 70.2 Å². The molecular weight excluding hydrogens is 448 g/mol. The van der Waals surface area contributed by atoms with Crippen LogP contribution >= 0.6 is 22.7 Å². The fourth-order valence-corrected chi connectivity index (χ4v) is 5.70. The number of nitrogens with zero attached hydrogens (tertiary/aromatic N) is 2. The number of carboxylic acids is 1. The predicted molar refractivity (Wildman–Crippen MR) is 135 cm³/mol. The maximum absolute atomic E-state index is 10.9. The first-order valence-electron chi connectivity index (χ1n) is 10.7. The molecule has 1 fully saturated rings. The molecule has 2 aromatic carbocycles. The molecule has 1 aliphatic rings. The summed E-state index contributed by atoms with van der Waals surface area (Å²) < 4.78 is 1.14. The number of aliphatic carboxylic acids is 1. The molecule has 1 aliphatic carbocycles. The highest BCUT2D eigenvalue weighted by Crippen LogP contribution is 2.46. The van der Waals surface area contributed by atoms with E-state index in [4.69, 9.17) is 5.11 Å². The highest BCUT2D eigenvalue weighted by molar-refractivity contribution is 7.16. The summed E-state index contributed by atoms with van der Waals surface area (Å²) in [5, 5.41) is 22.7. The summed E-state index contributed by atoms with van der Waals surface area (Å²) >= 11 is 3.19. The molecule has 2 aromatic heterocycles. The summed E-state index contributed by atoms with van der Waals surface area (Å²) in [4.78, 5) is 15.4. The molecule has 0 amide bonds. The van der Waals surface area contributed by atoms with Crippen LogP contribution in [-0.4, -0.2) is 16.1 Å². The zero-order chi connectivity index (χ0) is 22.8. The number of thiazole rings is 1. The van der Waals surface area contributed by atoms with E-state index in [-0.39, 0.29) is 0 Å². The van der Waals surface area contributed by atoms with Gasteiger partial charge in [-0.3, -0.25) is 0 Å². The smallest absolute Gasteiger partial charge is 0.328 e. The Morgan fingerprint density at radius 1 is 1.12 bits per heavy atom. The average molecular weight is 469 g/mol. The van der Waals surface area contributed by atoms with Crippen molar-refractivity contribution >= 4 is 56.1 Å². The number of aromatic nitrogens is 1. The summed E-state index contributed by atoms with van der Waals surface area (Å²) in [7, 11) is 0. The van der Waals surface area contributed by atoms with Crippen LogP contribution in [-0.2, 0) is 4.79 Å². The SMILES string of the molecule is N#Cc1cscc1C(=C(c1ccc(C=CC(=O)O)cc1)c1ccc2scnc2c1)C1CCC1. The van der Waals surface area contributed by atoms with E-state index in [1.54, 1.807) is 28.7 Å². The van der Waals surface area contributed by atoms with Crippen molar-refractivity contribution in [2.45, 2.75) is 19.3 Å². The van der Waals surface area contributed by atoms with Crippen molar-refractivity contribution in [1.29, 1.82) is 5.26 Å². The Bertz CT molecular complexity index is 1430. The Morgan fingerprint density at radius 3 is 2.61 bits per heavy atom. The molecule has 0 atom stereocenters. The zero-order valence-electron chi connectivity index (χ0n) is 17.7. The van der Waals surface area contributed by atoms with Gasteiger partial charge in [0.05, 0.1) is 21.3 Å². The number of hydrogen-bond acceptors (Lipinski definition) is 5. The van der Waals surface area contributed by atoms with Gasteiger partial charge in [-0.1, -0.05) is 36.8 Å². The quantitative estimate of drug-likeness (QED) is 0.307. The lowest BCUT2D eigenvalue weighted by molar-refractivity contribution is -0.131. The lowest BCUT2D eigenvalue weighted by Gasteiger charge is -2.31. The normalized spacial score (nSPS) is 14.8. The first kappa shape index (κ1) is 21.3. The van der Waals surface area contributed by atoms with Crippen LogP contribution in [0.3, 0.4) is 0 Å². The Hall–Kier alpha value is -3.53. The molecule has 5 rings (SSSR count). The van der Waals surface area contributed by atoms with Crippen molar-refractivity contribution < 1.29 is 9.90 Å². The zero-order valence-corrected chi connectivity index (χ0v) is 19.3. The number of benzene rings is 2. The van der Waals surface area contributed by atoms with Gasteiger partial charge in [-0.25, -0.2) is 9.78 Å². The Labute approximate surface area is 199 Å². The first-order chi connectivity index (χ1) is 16.1. The number of thiophene rings is 1. The van der Waals surface area contributed by atoms with Gasteiger partial charge in [0.2, 0.25) is 0 Å². The lowest BCUT2D eigenvalue weighted by atomic mass is 9.73. The fourth-order valence-electron chi connectivity index (χ4n) is 4.27. The topological polar surface area (TPSA) is 74.0 Å². The van der Waals surface area contributed by atoms with Gasteiger partial charge in [-0.2, -0.15) is 16.6 Å². The van der Waals surface area contributed by atoms with E-state index < -0.39 is 5.97 Å². The van der Waals surface area contributed by atoms with E-state index in [2.05, 4.69) is 34.6 Å². The standard InChI is InChI=1S/C27H20N2O2S2/c28-13-21-14-32-15-22(21)27(18-2-1-3-18)26(20-9-10-24-23(12-20)29-16-33-24)19-7-4-17(5-8-19)6-11-25(30)31/h4-12,14-16,18H,1-3H2,(H,30,31). The molecule has 6 heteroatoms. The van der Waals surface area contributed by atoms with Crippen molar-refractivity contribution in [3.05, 3.63) is 92.6 Å². The van der Waals surface area contributed by atoms with Crippen molar-refractivity contribution in [2.24, 2.45) is 5.92 Å². The maximum Gasteiger partial charge on any atom is 0.328 e. The second-order valence-electron chi connectivity index (χ2n) is 8.06. The van der Waals surface area contributed by atoms with E-state index in [1.165, 1.54) is 12.0 Å². The van der Waals surface area contributed by atoms with Crippen LogP contribution in [0.5, 0.6) is 0 Å². The molecule has 1 saturated carbocycles. The second-order valence-corrected chi connectivity index (χ2v) is 9.69. The number of hydrogen-bond donors (Lipinski definition) is 1. The van der Waals surface area contributed by atoms with Crippen molar-refractivity contribution in [2.75, 3.05) is 0 Å². The Balaban J connectivity index is 1.74. The number of rotatable bonds is 6. The van der Waals surface area contributed by atoms with E-state index in [9.17, 15) is 10.1 Å². The Morgan fingerprint density at radius 2 is 1.91 bits per heavy atom. The van der Waals surface area contributed by atoms with E-state index >= 15 is 0 Å². The molecule has 1 N–H and O–H groups in total. The molecule has 2 heterocycles. The average Bonchev–Trinajstić information content (AvgIpc) is 3.45. The van der Waals surface area contributed by atoms with E-state index in [1.807, 2.05) is 35.2 Å². The van der Waals surface area contributed by atoms with Gasteiger partial charge in [0.15, 0.2) is 0 Å². The molecule has 33 heavy (non-hydrogen) atoms. The number of carbonyl (C=O) groups is 1. The van der Waals surface area contributed by atoms with Crippen molar-refractivity contribution in [1.82, 2.24) is 4.98 Å². The van der Waals surface area contributed by atoms with Crippen LogP contribution in [0, 0.1) is 17.2 Å². The third-order valence-corrected chi connectivity index (χ3v) is 7.65. The Kier molecular flexibility index (Phi) is 5.91. The molecule has 0 saturated heterocycles. The third kappa shape index (κ3) is 4.25. The monoisotopic (exact) mass is 468 g/mol. The number of allylic oxidation sites excluding steroid dienone is 1. The van der Waals surface area contributed by atoms with Gasteiger partial charge in [0.25, 0.3) is 0 Å². The lowest BCUT2D eigenvalue weighted by Crippen LogP contribution is -2.15. The van der Waals surface area contributed by atoms with Crippen LogP contribution in [0.25, 0.3) is 27.4 Å². The predicted octanol–water partition coefficient (Wildman–Crippen LogP) is 7.09. The highest BCUT2D eigenvalue weighted by Gasteiger charge is 2.29. The molecule has 0 bridgehead atoms.